The van der Waals surface area contributed by atoms with Crippen LogP contribution in [0.25, 0.3) is 0 Å². The molecule has 7 nitrogen and oxygen atoms in total. The van der Waals surface area contributed by atoms with Crippen LogP contribution in [0, 0.1) is 13.8 Å². The first kappa shape index (κ1) is 15.2. The summed E-state index contributed by atoms with van der Waals surface area (Å²) in [4.78, 5) is 22.3. The van der Waals surface area contributed by atoms with Crippen LogP contribution in [0.3, 0.4) is 0 Å². The van der Waals surface area contributed by atoms with Crippen LogP contribution < -0.4 is 5.32 Å². The maximum Gasteiger partial charge on any atom is 0.306 e. The van der Waals surface area contributed by atoms with Gasteiger partial charge in [-0.1, -0.05) is 5.16 Å². The predicted octanol–water partition coefficient (Wildman–Crippen LogP) is 0.440. The molecule has 0 aromatic carbocycles. The van der Waals surface area contributed by atoms with Crippen LogP contribution in [-0.2, 0) is 20.7 Å². The van der Waals surface area contributed by atoms with Crippen molar-refractivity contribution in [1.29, 1.82) is 0 Å². The molecule has 1 aromatic rings. The number of carbonyl (C=O) groups is 2. The van der Waals surface area contributed by atoms with Crippen molar-refractivity contribution in [3.8, 4) is 0 Å². The van der Waals surface area contributed by atoms with E-state index in [0.717, 1.165) is 5.56 Å². The summed E-state index contributed by atoms with van der Waals surface area (Å²) in [5, 5.41) is 15.0. The summed E-state index contributed by atoms with van der Waals surface area (Å²) in [6.07, 6.45) is -0.529. The van der Waals surface area contributed by atoms with Crippen LogP contribution in [0.15, 0.2) is 4.52 Å². The number of hydrogen-bond donors (Lipinski definition) is 2. The van der Waals surface area contributed by atoms with Gasteiger partial charge in [-0.25, -0.2) is 0 Å². The van der Waals surface area contributed by atoms with Gasteiger partial charge in [-0.2, -0.15) is 0 Å². The summed E-state index contributed by atoms with van der Waals surface area (Å²) >= 11 is 0. The molecule has 0 saturated heterocycles. The fourth-order valence-corrected chi connectivity index (χ4v) is 1.64. The highest BCUT2D eigenvalue weighted by atomic mass is 16.5. The van der Waals surface area contributed by atoms with Crippen LogP contribution in [0.5, 0.6) is 0 Å². The summed E-state index contributed by atoms with van der Waals surface area (Å²) in [7, 11) is 1.41. The molecule has 19 heavy (non-hydrogen) atoms. The van der Waals surface area contributed by atoms with E-state index in [1.807, 2.05) is 0 Å². The number of carboxylic acids is 1. The number of ether oxygens (including phenoxy) is 1. The maximum atomic E-state index is 11.7. The zero-order valence-corrected chi connectivity index (χ0v) is 11.2. The Morgan fingerprint density at radius 3 is 2.63 bits per heavy atom. The number of nitrogens with zero attached hydrogens (tertiary/aromatic N) is 1. The first-order chi connectivity index (χ1) is 8.93. The second-order valence-corrected chi connectivity index (χ2v) is 4.24. The Labute approximate surface area is 110 Å². The monoisotopic (exact) mass is 270 g/mol. The minimum atomic E-state index is -0.966. The van der Waals surface area contributed by atoms with Gasteiger partial charge in [0.2, 0.25) is 5.91 Å². The third kappa shape index (κ3) is 4.70. The molecule has 1 rings (SSSR count). The van der Waals surface area contributed by atoms with E-state index >= 15 is 0 Å². The molecule has 0 aliphatic heterocycles. The Bertz CT molecular complexity index is 435. The van der Waals surface area contributed by atoms with Crippen molar-refractivity contribution in [2.45, 2.75) is 32.8 Å². The number of carbonyl (C=O) groups excluding carboxylic acids is 1. The molecule has 1 unspecified atom stereocenters. The number of carboxylic acid groups (broad SMARTS) is 1. The Balaban J connectivity index is 2.45. The minimum absolute atomic E-state index is 0.151. The molecule has 0 aliphatic carbocycles. The Kier molecular flexibility index (Phi) is 5.50. The number of methoxy groups -OCH3 is 1. The van der Waals surface area contributed by atoms with E-state index in [1.165, 1.54) is 7.11 Å². The Morgan fingerprint density at radius 1 is 1.47 bits per heavy atom. The SMILES string of the molecule is COC(CNC(=O)Cc1c(C)noc1C)CC(=O)O. The molecule has 0 saturated carbocycles. The predicted molar refractivity (Wildman–Crippen MR) is 65.7 cm³/mol. The van der Waals surface area contributed by atoms with Crippen molar-refractivity contribution in [3.63, 3.8) is 0 Å². The summed E-state index contributed by atoms with van der Waals surface area (Å²) in [6.45, 7) is 3.66. The minimum Gasteiger partial charge on any atom is -0.481 e. The number of rotatable bonds is 7. The van der Waals surface area contributed by atoms with E-state index in [-0.39, 0.29) is 25.3 Å². The average Bonchev–Trinajstić information content (AvgIpc) is 2.65. The molecule has 1 amide bonds. The Morgan fingerprint density at radius 2 is 2.16 bits per heavy atom. The van der Waals surface area contributed by atoms with Gasteiger partial charge in [0.1, 0.15) is 5.76 Å². The fraction of sp³-hybridized carbons (Fsp3) is 0.583. The lowest BCUT2D eigenvalue weighted by Crippen LogP contribution is -2.35. The lowest BCUT2D eigenvalue weighted by molar-refractivity contribution is -0.140. The van der Waals surface area contributed by atoms with Gasteiger partial charge in [0, 0.05) is 19.2 Å². The smallest absolute Gasteiger partial charge is 0.306 e. The van der Waals surface area contributed by atoms with Crippen molar-refractivity contribution in [2.24, 2.45) is 0 Å². The van der Waals surface area contributed by atoms with Gasteiger partial charge in [0.15, 0.2) is 0 Å². The molecule has 106 valence electrons. The molecule has 0 spiro atoms. The van der Waals surface area contributed by atoms with Gasteiger partial charge in [-0.05, 0) is 13.8 Å². The van der Waals surface area contributed by atoms with Gasteiger partial charge < -0.3 is 19.7 Å². The zero-order chi connectivity index (χ0) is 14.4. The number of amides is 1. The lowest BCUT2D eigenvalue weighted by Gasteiger charge is -2.13. The molecule has 2 N–H and O–H groups in total. The number of aromatic nitrogens is 1. The summed E-state index contributed by atoms with van der Waals surface area (Å²) < 4.78 is 9.93. The van der Waals surface area contributed by atoms with Gasteiger partial charge in [-0.3, -0.25) is 9.59 Å². The highest BCUT2D eigenvalue weighted by molar-refractivity contribution is 5.79. The summed E-state index contributed by atoms with van der Waals surface area (Å²) in [6, 6.07) is 0. The van der Waals surface area contributed by atoms with Crippen LogP contribution in [0.1, 0.15) is 23.4 Å². The van der Waals surface area contributed by atoms with Crippen LogP contribution in [0.4, 0.5) is 0 Å². The van der Waals surface area contributed by atoms with E-state index in [9.17, 15) is 9.59 Å². The molecule has 1 atom stereocenters. The van der Waals surface area contributed by atoms with Crippen LogP contribution in [0.2, 0.25) is 0 Å². The second kappa shape index (κ2) is 6.89. The van der Waals surface area contributed by atoms with E-state index in [4.69, 9.17) is 14.4 Å². The van der Waals surface area contributed by atoms with E-state index in [1.54, 1.807) is 13.8 Å². The maximum absolute atomic E-state index is 11.7. The molecule has 0 radical (unpaired) electrons. The fourth-order valence-electron chi connectivity index (χ4n) is 1.64. The van der Waals surface area contributed by atoms with Crippen molar-refractivity contribution < 1.29 is 24.0 Å². The largest absolute Gasteiger partial charge is 0.481 e. The Hall–Kier alpha value is -1.89. The lowest BCUT2D eigenvalue weighted by atomic mass is 10.1. The highest BCUT2D eigenvalue weighted by Gasteiger charge is 2.16. The van der Waals surface area contributed by atoms with Crippen molar-refractivity contribution in [1.82, 2.24) is 10.5 Å². The first-order valence-electron chi connectivity index (χ1n) is 5.87. The second-order valence-electron chi connectivity index (χ2n) is 4.24. The van der Waals surface area contributed by atoms with E-state index in [2.05, 4.69) is 10.5 Å². The highest BCUT2D eigenvalue weighted by Crippen LogP contribution is 2.12. The van der Waals surface area contributed by atoms with Crippen LogP contribution in [-0.4, -0.2) is 41.9 Å². The quantitative estimate of drug-likeness (QED) is 0.745. The van der Waals surface area contributed by atoms with Crippen molar-refractivity contribution in [2.75, 3.05) is 13.7 Å². The zero-order valence-electron chi connectivity index (χ0n) is 11.2. The first-order valence-corrected chi connectivity index (χ1v) is 5.87. The topological polar surface area (TPSA) is 102 Å². The molecule has 7 heteroatoms. The van der Waals surface area contributed by atoms with E-state index in [0.29, 0.717) is 11.5 Å². The van der Waals surface area contributed by atoms with Crippen molar-refractivity contribution in [3.05, 3.63) is 17.0 Å². The van der Waals surface area contributed by atoms with Crippen LogP contribution >= 0.6 is 0 Å². The standard InChI is InChI=1S/C12H18N2O5/c1-7-10(8(2)19-14-7)5-11(15)13-6-9(18-3)4-12(16)17/h9H,4-6H2,1-3H3,(H,13,15)(H,16,17). The normalized spacial score (nSPS) is 12.2. The number of aryl methyl sites for hydroxylation is 2. The molecular formula is C12H18N2O5. The van der Waals surface area contributed by atoms with Gasteiger partial charge in [0.05, 0.1) is 24.6 Å². The van der Waals surface area contributed by atoms with Gasteiger partial charge in [-0.15, -0.1) is 0 Å². The third-order valence-corrected chi connectivity index (χ3v) is 2.78. The molecule has 1 aromatic heterocycles. The third-order valence-electron chi connectivity index (χ3n) is 2.78. The molecular weight excluding hydrogens is 252 g/mol. The molecule has 0 bridgehead atoms. The molecule has 1 heterocycles. The number of aliphatic carboxylic acids is 1. The van der Waals surface area contributed by atoms with Gasteiger partial charge in [0.25, 0.3) is 0 Å². The number of nitrogens with one attached hydrogen (secondary N) is 1. The number of hydrogen-bond acceptors (Lipinski definition) is 5. The summed E-state index contributed by atoms with van der Waals surface area (Å²) in [5.74, 6) is -0.574. The van der Waals surface area contributed by atoms with Crippen molar-refractivity contribution >= 4 is 11.9 Å². The molecule has 0 fully saturated rings. The average molecular weight is 270 g/mol. The summed E-state index contributed by atoms with van der Waals surface area (Å²) in [5.41, 5.74) is 1.44. The van der Waals surface area contributed by atoms with Gasteiger partial charge >= 0.3 is 5.97 Å². The van der Waals surface area contributed by atoms with E-state index < -0.39 is 12.1 Å². The molecule has 0 aliphatic rings.